The molecule has 1 aliphatic heterocycles. The summed E-state index contributed by atoms with van der Waals surface area (Å²) in [6.07, 6.45) is -4.61. The van der Waals surface area contributed by atoms with Crippen LogP contribution in [0.25, 0.3) is 0 Å². The zero-order valence-electron chi connectivity index (χ0n) is 18.4. The van der Waals surface area contributed by atoms with Crippen molar-refractivity contribution in [1.82, 2.24) is 0 Å². The van der Waals surface area contributed by atoms with E-state index in [0.29, 0.717) is 5.69 Å². The van der Waals surface area contributed by atoms with Crippen LogP contribution in [0.4, 0.5) is 30.2 Å². The molecule has 0 bridgehead atoms. The van der Waals surface area contributed by atoms with Crippen molar-refractivity contribution < 1.29 is 27.6 Å². The summed E-state index contributed by atoms with van der Waals surface area (Å²) in [5.41, 5.74) is 0.219. The minimum Gasteiger partial charge on any atom is -0.350 e. The number of hydrogen-bond acceptors (Lipinski definition) is 4. The number of halogens is 5. The number of imide groups is 1. The minimum atomic E-state index is -4.61. The second kappa shape index (κ2) is 9.67. The Morgan fingerprint density at radius 2 is 1.61 bits per heavy atom. The highest BCUT2D eigenvalue weighted by molar-refractivity contribution is 6.53. The van der Waals surface area contributed by atoms with E-state index in [1.54, 1.807) is 24.3 Å². The van der Waals surface area contributed by atoms with Gasteiger partial charge in [0.25, 0.3) is 17.7 Å². The van der Waals surface area contributed by atoms with E-state index in [9.17, 15) is 27.6 Å². The van der Waals surface area contributed by atoms with Crippen LogP contribution < -0.4 is 15.5 Å². The zero-order chi connectivity index (χ0) is 26.2. The molecule has 3 amide bonds. The number of carbonyl (C=O) groups is 3. The molecule has 11 heteroatoms. The molecule has 0 spiro atoms. The van der Waals surface area contributed by atoms with Gasteiger partial charge >= 0.3 is 6.18 Å². The summed E-state index contributed by atoms with van der Waals surface area (Å²) in [4.78, 5) is 39.2. The smallest absolute Gasteiger partial charge is 0.350 e. The summed E-state index contributed by atoms with van der Waals surface area (Å²) in [5, 5.41) is 4.71. The van der Waals surface area contributed by atoms with Crippen LogP contribution in [0.5, 0.6) is 0 Å². The van der Waals surface area contributed by atoms with Gasteiger partial charge in [-0.25, -0.2) is 4.90 Å². The Morgan fingerprint density at radius 1 is 0.917 bits per heavy atom. The predicted molar refractivity (Wildman–Crippen MR) is 131 cm³/mol. The molecule has 0 unspecified atom stereocenters. The molecule has 6 nitrogen and oxygen atoms in total. The van der Waals surface area contributed by atoms with E-state index in [2.05, 4.69) is 10.6 Å². The number of aryl methyl sites for hydroxylation is 1. The summed E-state index contributed by atoms with van der Waals surface area (Å²) in [6, 6.07) is 15.1. The number of anilines is 3. The number of benzene rings is 3. The van der Waals surface area contributed by atoms with E-state index in [1.165, 1.54) is 24.3 Å². The normalized spacial score (nSPS) is 13.9. The fourth-order valence-electron chi connectivity index (χ4n) is 3.41. The Kier molecular flexibility index (Phi) is 6.79. The van der Waals surface area contributed by atoms with Crippen LogP contribution in [0, 0.1) is 6.92 Å². The third kappa shape index (κ3) is 5.07. The van der Waals surface area contributed by atoms with Crippen molar-refractivity contribution in [2.45, 2.75) is 13.1 Å². The van der Waals surface area contributed by atoms with Crippen molar-refractivity contribution in [2.24, 2.45) is 0 Å². The van der Waals surface area contributed by atoms with Gasteiger partial charge in [0, 0.05) is 11.3 Å². The lowest BCUT2D eigenvalue weighted by Gasteiger charge is -2.15. The zero-order valence-corrected chi connectivity index (χ0v) is 19.9. The lowest BCUT2D eigenvalue weighted by atomic mass is 10.1. The third-order valence-electron chi connectivity index (χ3n) is 5.26. The van der Waals surface area contributed by atoms with Gasteiger partial charge in [0.05, 0.1) is 22.0 Å². The van der Waals surface area contributed by atoms with Crippen molar-refractivity contribution in [3.63, 3.8) is 0 Å². The molecule has 0 saturated heterocycles. The van der Waals surface area contributed by atoms with Crippen molar-refractivity contribution in [3.05, 3.63) is 99.2 Å². The third-order valence-corrected chi connectivity index (χ3v) is 5.94. The molecule has 1 heterocycles. The Labute approximate surface area is 213 Å². The molecule has 2 N–H and O–H groups in total. The maximum absolute atomic E-state index is 13.0. The van der Waals surface area contributed by atoms with Crippen LogP contribution in [0.2, 0.25) is 5.02 Å². The van der Waals surface area contributed by atoms with Crippen LogP contribution in [-0.2, 0) is 15.8 Å². The molecule has 0 aliphatic carbocycles. The number of alkyl halides is 3. The van der Waals surface area contributed by atoms with Crippen LogP contribution >= 0.6 is 23.2 Å². The number of hydrogen-bond donors (Lipinski definition) is 2. The maximum Gasteiger partial charge on any atom is 0.416 e. The fraction of sp³-hybridized carbons (Fsp3) is 0.0800. The molecule has 0 saturated carbocycles. The first-order valence-corrected chi connectivity index (χ1v) is 11.1. The first kappa shape index (κ1) is 25.3. The number of nitrogens with one attached hydrogen (secondary N) is 2. The Morgan fingerprint density at radius 3 is 2.28 bits per heavy atom. The standard InChI is InChI=1S/C25H16Cl2F3N3O3/c1-13-5-8-17(9-6-13)33-23(35)20(27)21(24(33)36)31-16-4-2-3-14(11-16)22(34)32-19-12-15(25(28,29)30)7-10-18(19)26/h2-12,31H,1H3,(H,32,34). The van der Waals surface area contributed by atoms with Gasteiger partial charge in [0.15, 0.2) is 0 Å². The monoisotopic (exact) mass is 533 g/mol. The van der Waals surface area contributed by atoms with E-state index >= 15 is 0 Å². The Balaban J connectivity index is 1.54. The number of carbonyl (C=O) groups excluding carboxylic acids is 3. The Hall–Kier alpha value is -3.82. The van der Waals surface area contributed by atoms with Gasteiger partial charge in [-0.2, -0.15) is 13.2 Å². The average Bonchev–Trinajstić information content (AvgIpc) is 3.03. The maximum atomic E-state index is 13.0. The van der Waals surface area contributed by atoms with Gasteiger partial charge in [0.2, 0.25) is 0 Å². The van der Waals surface area contributed by atoms with E-state index in [-0.39, 0.29) is 32.7 Å². The van der Waals surface area contributed by atoms with Crippen LogP contribution in [0.3, 0.4) is 0 Å². The minimum absolute atomic E-state index is 0.0531. The number of amides is 3. The molecule has 0 radical (unpaired) electrons. The summed E-state index contributed by atoms with van der Waals surface area (Å²) >= 11 is 12.1. The van der Waals surface area contributed by atoms with Gasteiger partial charge in [-0.1, -0.05) is 47.0 Å². The van der Waals surface area contributed by atoms with Gasteiger partial charge < -0.3 is 10.6 Å². The second-order valence-corrected chi connectivity index (χ2v) is 8.61. The summed E-state index contributed by atoms with van der Waals surface area (Å²) in [5.74, 6) is -2.13. The second-order valence-electron chi connectivity index (χ2n) is 7.82. The van der Waals surface area contributed by atoms with Gasteiger partial charge in [-0.3, -0.25) is 14.4 Å². The first-order chi connectivity index (χ1) is 17.0. The van der Waals surface area contributed by atoms with Crippen molar-refractivity contribution in [1.29, 1.82) is 0 Å². The fourth-order valence-corrected chi connectivity index (χ4v) is 3.79. The van der Waals surface area contributed by atoms with Crippen LogP contribution in [0.1, 0.15) is 21.5 Å². The number of rotatable bonds is 5. The lowest BCUT2D eigenvalue weighted by molar-refractivity contribution is -0.137. The van der Waals surface area contributed by atoms with Crippen LogP contribution in [-0.4, -0.2) is 17.7 Å². The molecule has 0 fully saturated rings. The van der Waals surface area contributed by atoms with Crippen molar-refractivity contribution in [2.75, 3.05) is 15.5 Å². The van der Waals surface area contributed by atoms with E-state index in [4.69, 9.17) is 23.2 Å². The molecule has 0 aromatic heterocycles. The quantitative estimate of drug-likeness (QED) is 0.374. The predicted octanol–water partition coefficient (Wildman–Crippen LogP) is 6.36. The van der Waals surface area contributed by atoms with Gasteiger partial charge in [-0.15, -0.1) is 0 Å². The molecule has 1 aliphatic rings. The highest BCUT2D eigenvalue weighted by Crippen LogP contribution is 2.34. The average molecular weight is 534 g/mol. The van der Waals surface area contributed by atoms with Crippen LogP contribution in [0.15, 0.2) is 77.5 Å². The first-order valence-electron chi connectivity index (χ1n) is 10.4. The lowest BCUT2D eigenvalue weighted by Crippen LogP contribution is -2.32. The SMILES string of the molecule is Cc1ccc(N2C(=O)C(Cl)=C(Nc3cccc(C(=O)Nc4cc(C(F)(F)F)ccc4Cl)c3)C2=O)cc1. The van der Waals surface area contributed by atoms with E-state index in [1.807, 2.05) is 6.92 Å². The molecule has 0 atom stereocenters. The van der Waals surface area contributed by atoms with E-state index in [0.717, 1.165) is 28.7 Å². The molecule has 184 valence electrons. The molecular formula is C25H16Cl2F3N3O3. The summed E-state index contributed by atoms with van der Waals surface area (Å²) in [7, 11) is 0. The molecule has 3 aromatic carbocycles. The molecule has 4 rings (SSSR count). The summed E-state index contributed by atoms with van der Waals surface area (Å²) < 4.78 is 39.1. The highest BCUT2D eigenvalue weighted by atomic mass is 35.5. The van der Waals surface area contributed by atoms with Gasteiger partial charge in [-0.05, 0) is 55.5 Å². The van der Waals surface area contributed by atoms with Gasteiger partial charge in [0.1, 0.15) is 10.7 Å². The number of nitrogens with zero attached hydrogens (tertiary/aromatic N) is 1. The van der Waals surface area contributed by atoms with Crippen molar-refractivity contribution in [3.8, 4) is 0 Å². The Bertz CT molecular complexity index is 1420. The van der Waals surface area contributed by atoms with E-state index < -0.39 is 29.5 Å². The molecular weight excluding hydrogens is 518 g/mol. The summed E-state index contributed by atoms with van der Waals surface area (Å²) in [6.45, 7) is 1.86. The highest BCUT2D eigenvalue weighted by Gasteiger charge is 2.39. The van der Waals surface area contributed by atoms with Crippen molar-refractivity contribution >= 4 is 58.0 Å². The largest absolute Gasteiger partial charge is 0.416 e. The molecule has 36 heavy (non-hydrogen) atoms. The topological polar surface area (TPSA) is 78.5 Å². The molecule has 3 aromatic rings.